The van der Waals surface area contributed by atoms with E-state index in [4.69, 9.17) is 0 Å². The average molecular weight is 252 g/mol. The van der Waals surface area contributed by atoms with Gasteiger partial charge in [-0.15, -0.1) is 0 Å². The van der Waals surface area contributed by atoms with Crippen LogP contribution in [0, 0.1) is 0 Å². The Hall–Kier alpha value is -1.44. The van der Waals surface area contributed by atoms with E-state index in [9.17, 15) is 18.0 Å². The summed E-state index contributed by atoms with van der Waals surface area (Å²) in [5, 5.41) is 3.35. The lowest BCUT2D eigenvalue weighted by Gasteiger charge is -2.01. The highest BCUT2D eigenvalue weighted by Crippen LogP contribution is 2.21. The van der Waals surface area contributed by atoms with Gasteiger partial charge in [-0.2, -0.15) is 18.2 Å². The summed E-state index contributed by atoms with van der Waals surface area (Å²) in [5.41, 5.74) is 0. The van der Waals surface area contributed by atoms with Gasteiger partial charge in [0.05, 0.1) is 12.8 Å². The third-order valence-corrected chi connectivity index (χ3v) is 1.80. The normalized spacial score (nSPS) is 11.8. The number of alkyl halides is 3. The van der Waals surface area contributed by atoms with Crippen molar-refractivity contribution in [1.82, 2.24) is 10.1 Å². The number of carbonyl (C=O) groups excluding carboxylic acids is 1. The number of aromatic nitrogens is 2. The number of hydrogen-bond donors (Lipinski definition) is 0. The number of ketones is 1. The molecule has 0 aliphatic rings. The van der Waals surface area contributed by atoms with E-state index in [1.807, 2.05) is 0 Å². The van der Waals surface area contributed by atoms with Crippen molar-refractivity contribution in [3.8, 4) is 0 Å². The number of halogens is 3. The molecule has 0 saturated heterocycles. The molecule has 0 aliphatic heterocycles. The minimum atomic E-state index is -4.26. The van der Waals surface area contributed by atoms with E-state index in [1.54, 1.807) is 0 Å². The molecule has 0 atom stereocenters. The van der Waals surface area contributed by atoms with E-state index in [0.29, 0.717) is 0 Å². The highest BCUT2D eigenvalue weighted by atomic mass is 19.4. The van der Waals surface area contributed by atoms with Crippen molar-refractivity contribution >= 4 is 5.78 Å². The van der Waals surface area contributed by atoms with E-state index >= 15 is 0 Å². The first-order chi connectivity index (χ1) is 7.90. The predicted octanol–water partition coefficient (Wildman–Crippen LogP) is 1.32. The molecule has 17 heavy (non-hydrogen) atoms. The van der Waals surface area contributed by atoms with Crippen molar-refractivity contribution < 1.29 is 27.2 Å². The lowest BCUT2D eigenvalue weighted by molar-refractivity contribution is -0.134. The average Bonchev–Trinajstić information content (AvgIpc) is 2.62. The number of carbonyl (C=O) groups is 1. The Morgan fingerprint density at radius 2 is 2.18 bits per heavy atom. The third kappa shape index (κ3) is 5.43. The van der Waals surface area contributed by atoms with Crippen LogP contribution in [0.5, 0.6) is 0 Å². The van der Waals surface area contributed by atoms with Crippen molar-refractivity contribution in [1.29, 1.82) is 0 Å². The third-order valence-electron chi connectivity index (χ3n) is 1.80. The summed E-state index contributed by atoms with van der Waals surface area (Å²) >= 11 is 0. The van der Waals surface area contributed by atoms with E-state index in [0.717, 1.165) is 0 Å². The molecular weight excluding hydrogens is 241 g/mol. The van der Waals surface area contributed by atoms with Gasteiger partial charge in [-0.1, -0.05) is 5.16 Å². The van der Waals surface area contributed by atoms with Crippen LogP contribution in [-0.2, 0) is 22.4 Å². The van der Waals surface area contributed by atoms with E-state index < -0.39 is 12.6 Å². The van der Waals surface area contributed by atoms with Crippen LogP contribution in [0.15, 0.2) is 4.52 Å². The first-order valence-corrected chi connectivity index (χ1v) is 4.79. The van der Waals surface area contributed by atoms with Crippen LogP contribution in [0.2, 0.25) is 0 Å². The van der Waals surface area contributed by atoms with Gasteiger partial charge in [0.1, 0.15) is 6.61 Å². The lowest BCUT2D eigenvalue weighted by Crippen LogP contribution is -2.10. The number of rotatable bonds is 6. The summed E-state index contributed by atoms with van der Waals surface area (Å²) in [5.74, 6) is -0.328. The molecule has 0 N–H and O–H groups in total. The topological polar surface area (TPSA) is 65.2 Å². The summed E-state index contributed by atoms with van der Waals surface area (Å²) in [6.07, 6.45) is -5.76. The van der Waals surface area contributed by atoms with E-state index in [2.05, 4.69) is 19.4 Å². The number of Topliss-reactive ketones (excluding diaryl/α,β-unsaturated/α-hetero) is 1. The summed E-state index contributed by atoms with van der Waals surface area (Å²) in [6, 6.07) is 0. The fourth-order valence-electron chi connectivity index (χ4n) is 1.10. The highest BCUT2D eigenvalue weighted by molar-refractivity contribution is 5.81. The van der Waals surface area contributed by atoms with Gasteiger partial charge in [-0.25, -0.2) is 0 Å². The zero-order chi connectivity index (χ0) is 12.9. The molecule has 0 radical (unpaired) electrons. The van der Waals surface area contributed by atoms with E-state index in [-0.39, 0.29) is 36.9 Å². The molecular formula is C9H11F3N2O3. The molecule has 0 unspecified atom stereocenters. The second-order valence-corrected chi connectivity index (χ2v) is 3.37. The SMILES string of the molecule is COCC(=O)Cc1nc(CCC(F)(F)F)no1. The van der Waals surface area contributed by atoms with Gasteiger partial charge in [0.15, 0.2) is 11.6 Å². The van der Waals surface area contributed by atoms with E-state index in [1.165, 1.54) is 7.11 Å². The zero-order valence-electron chi connectivity index (χ0n) is 9.08. The van der Waals surface area contributed by atoms with Gasteiger partial charge >= 0.3 is 6.18 Å². The van der Waals surface area contributed by atoms with Gasteiger partial charge in [-0.3, -0.25) is 4.79 Å². The van der Waals surface area contributed by atoms with Crippen LogP contribution in [0.3, 0.4) is 0 Å². The Morgan fingerprint density at radius 3 is 2.76 bits per heavy atom. The summed E-state index contributed by atoms with van der Waals surface area (Å²) in [7, 11) is 1.36. The van der Waals surface area contributed by atoms with Crippen LogP contribution in [0.4, 0.5) is 13.2 Å². The smallest absolute Gasteiger partial charge is 0.377 e. The molecule has 1 heterocycles. The van der Waals surface area contributed by atoms with Gasteiger partial charge < -0.3 is 9.26 Å². The number of nitrogens with zero attached hydrogens (tertiary/aromatic N) is 2. The zero-order valence-corrected chi connectivity index (χ0v) is 9.08. The van der Waals surface area contributed by atoms with Gasteiger partial charge in [0.2, 0.25) is 5.89 Å². The van der Waals surface area contributed by atoms with Crippen molar-refractivity contribution in [2.45, 2.75) is 25.4 Å². The number of aryl methyl sites for hydroxylation is 1. The Balaban J connectivity index is 2.45. The minimum absolute atomic E-state index is 0.00391. The molecule has 1 aromatic rings. The lowest BCUT2D eigenvalue weighted by atomic mass is 10.3. The summed E-state index contributed by atoms with van der Waals surface area (Å²) in [6.45, 7) is -0.0970. The molecule has 0 fully saturated rings. The standard InChI is InChI=1S/C9H11F3N2O3/c1-16-5-6(15)4-8-13-7(14-17-8)2-3-9(10,11)12/h2-5H2,1H3. The van der Waals surface area contributed by atoms with Crippen LogP contribution in [0.25, 0.3) is 0 Å². The molecule has 5 nitrogen and oxygen atoms in total. The molecule has 0 amide bonds. The van der Waals surface area contributed by atoms with Crippen LogP contribution < -0.4 is 0 Å². The van der Waals surface area contributed by atoms with Crippen LogP contribution in [-0.4, -0.2) is 35.8 Å². The van der Waals surface area contributed by atoms with Gasteiger partial charge in [-0.05, 0) is 0 Å². The summed E-state index contributed by atoms with van der Waals surface area (Å²) in [4.78, 5) is 14.8. The van der Waals surface area contributed by atoms with Crippen LogP contribution >= 0.6 is 0 Å². The molecule has 1 aromatic heterocycles. The molecule has 0 aromatic carbocycles. The maximum absolute atomic E-state index is 11.9. The quantitative estimate of drug-likeness (QED) is 0.764. The number of ether oxygens (including phenoxy) is 1. The Labute approximate surface area is 94.9 Å². The van der Waals surface area contributed by atoms with Crippen molar-refractivity contribution in [3.05, 3.63) is 11.7 Å². The fraction of sp³-hybridized carbons (Fsp3) is 0.667. The molecule has 8 heteroatoms. The molecule has 0 bridgehead atoms. The largest absolute Gasteiger partial charge is 0.389 e. The summed E-state index contributed by atoms with van der Waals surface area (Å²) < 4.78 is 44.9. The Bertz CT molecular complexity index is 376. The van der Waals surface area contributed by atoms with Crippen molar-refractivity contribution in [2.24, 2.45) is 0 Å². The first kappa shape index (κ1) is 13.6. The maximum Gasteiger partial charge on any atom is 0.389 e. The monoisotopic (exact) mass is 252 g/mol. The second-order valence-electron chi connectivity index (χ2n) is 3.37. The highest BCUT2D eigenvalue weighted by Gasteiger charge is 2.27. The molecule has 1 rings (SSSR count). The van der Waals surface area contributed by atoms with Crippen molar-refractivity contribution in [2.75, 3.05) is 13.7 Å². The maximum atomic E-state index is 11.9. The molecule has 0 aliphatic carbocycles. The van der Waals surface area contributed by atoms with Gasteiger partial charge in [0, 0.05) is 13.5 Å². The first-order valence-electron chi connectivity index (χ1n) is 4.79. The Morgan fingerprint density at radius 1 is 1.47 bits per heavy atom. The number of methoxy groups -OCH3 is 1. The fourth-order valence-corrected chi connectivity index (χ4v) is 1.10. The van der Waals surface area contributed by atoms with Gasteiger partial charge in [0.25, 0.3) is 0 Å². The molecule has 96 valence electrons. The van der Waals surface area contributed by atoms with Crippen LogP contribution in [0.1, 0.15) is 18.1 Å². The molecule has 0 spiro atoms. The minimum Gasteiger partial charge on any atom is -0.377 e. The predicted molar refractivity (Wildman–Crippen MR) is 49.3 cm³/mol. The number of hydrogen-bond acceptors (Lipinski definition) is 5. The Kier molecular flexibility index (Phi) is 4.62. The molecule has 0 saturated carbocycles. The second kappa shape index (κ2) is 5.76. The van der Waals surface area contributed by atoms with Crippen molar-refractivity contribution in [3.63, 3.8) is 0 Å².